The first-order valence-electron chi connectivity index (χ1n) is 12.7. The Hall–Kier alpha value is -4.27. The lowest BCUT2D eigenvalue weighted by Crippen LogP contribution is -2.54. The van der Waals surface area contributed by atoms with Gasteiger partial charge in [-0.05, 0) is 44.2 Å². The van der Waals surface area contributed by atoms with Crippen LogP contribution in [0, 0.1) is 5.82 Å². The van der Waals surface area contributed by atoms with Crippen LogP contribution in [0.5, 0.6) is 23.0 Å². The van der Waals surface area contributed by atoms with Crippen LogP contribution in [0.1, 0.15) is 30.5 Å². The normalized spacial score (nSPS) is 13.3. The number of nitrogens with zero attached hydrogens (tertiary/aromatic N) is 1. The number of ether oxygens (including phenoxy) is 4. The van der Waals surface area contributed by atoms with Crippen LogP contribution in [0.2, 0.25) is 0 Å². The van der Waals surface area contributed by atoms with Crippen molar-refractivity contribution in [3.05, 3.63) is 95.3 Å². The van der Waals surface area contributed by atoms with Gasteiger partial charge in [0.2, 0.25) is 0 Å². The van der Waals surface area contributed by atoms with Gasteiger partial charge in [0.05, 0.1) is 41.5 Å². The van der Waals surface area contributed by atoms with Crippen molar-refractivity contribution in [2.45, 2.75) is 38.6 Å². The minimum absolute atomic E-state index is 0.0259. The number of alkyl halides is 1. The van der Waals surface area contributed by atoms with Gasteiger partial charge in [0.1, 0.15) is 40.5 Å². The molecule has 3 rings (SSSR count). The van der Waals surface area contributed by atoms with Crippen molar-refractivity contribution in [3.8, 4) is 23.0 Å². The van der Waals surface area contributed by atoms with E-state index < -0.39 is 23.6 Å². The van der Waals surface area contributed by atoms with Crippen LogP contribution in [0.25, 0.3) is 0 Å². The quantitative estimate of drug-likeness (QED) is 0.262. The van der Waals surface area contributed by atoms with Crippen LogP contribution in [0.3, 0.4) is 0 Å². The van der Waals surface area contributed by atoms with Crippen molar-refractivity contribution < 1.29 is 32.5 Å². The molecule has 0 heterocycles. The van der Waals surface area contributed by atoms with Gasteiger partial charge in [-0.2, -0.15) is 0 Å². The van der Waals surface area contributed by atoms with E-state index in [0.717, 1.165) is 0 Å². The second-order valence-corrected chi connectivity index (χ2v) is 9.25. The van der Waals surface area contributed by atoms with Gasteiger partial charge in [-0.1, -0.05) is 30.4 Å². The highest BCUT2D eigenvalue weighted by Gasteiger charge is 2.40. The van der Waals surface area contributed by atoms with Crippen LogP contribution in [-0.4, -0.2) is 45.5 Å². The molecule has 9 heteroatoms. The molecule has 2 atom stereocenters. The van der Waals surface area contributed by atoms with Gasteiger partial charge in [0, 0.05) is 28.8 Å². The maximum Gasteiger partial charge on any atom is 0.318 e. The Morgan fingerprint density at radius 1 is 0.900 bits per heavy atom. The van der Waals surface area contributed by atoms with Gasteiger partial charge in [0.25, 0.3) is 0 Å². The van der Waals surface area contributed by atoms with Crippen LogP contribution < -0.4 is 24.3 Å². The molecule has 0 saturated heterocycles. The molecule has 2 amide bonds. The highest BCUT2D eigenvalue weighted by molar-refractivity contribution is 5.76. The highest BCUT2D eigenvalue weighted by atomic mass is 19.1. The fraction of sp³-hybridized carbons (Fsp3) is 0.323. The lowest BCUT2D eigenvalue weighted by atomic mass is 9.86. The molecule has 7 nitrogen and oxygen atoms in total. The number of urea groups is 1. The SMILES string of the molecule is C/C=C/[C@H](F)[C@](C)(NC(=O)N(Cc1ccc(OC)cc1OC)Cc1ccc(OC)cc1OC)c1ccccc1F. The van der Waals surface area contributed by atoms with Gasteiger partial charge in [-0.3, -0.25) is 0 Å². The molecular formula is C31H36F2N2O5. The molecular weight excluding hydrogens is 518 g/mol. The molecule has 0 aliphatic rings. The summed E-state index contributed by atoms with van der Waals surface area (Å²) in [7, 11) is 6.14. The predicted molar refractivity (Wildman–Crippen MR) is 150 cm³/mol. The number of nitrogens with one attached hydrogen (secondary N) is 1. The van der Waals surface area contributed by atoms with Crippen molar-refractivity contribution >= 4 is 6.03 Å². The number of carbonyl (C=O) groups excluding carboxylic acids is 1. The second-order valence-electron chi connectivity index (χ2n) is 9.25. The van der Waals surface area contributed by atoms with Crippen LogP contribution >= 0.6 is 0 Å². The molecule has 0 saturated carbocycles. The summed E-state index contributed by atoms with van der Waals surface area (Å²) < 4.78 is 52.3. The fourth-order valence-electron chi connectivity index (χ4n) is 4.41. The third kappa shape index (κ3) is 6.83. The minimum Gasteiger partial charge on any atom is -0.497 e. The molecule has 1 N–H and O–H groups in total. The Morgan fingerprint density at radius 3 is 1.88 bits per heavy atom. The van der Waals surface area contributed by atoms with E-state index in [4.69, 9.17) is 18.9 Å². The molecule has 0 bridgehead atoms. The van der Waals surface area contributed by atoms with Gasteiger partial charge in [-0.25, -0.2) is 13.6 Å². The number of amides is 2. The molecule has 0 aromatic heterocycles. The predicted octanol–water partition coefficient (Wildman–Crippen LogP) is 6.40. The Labute approximate surface area is 234 Å². The molecule has 3 aromatic rings. The average Bonchev–Trinajstić information content (AvgIpc) is 2.97. The first-order chi connectivity index (χ1) is 19.2. The zero-order valence-electron chi connectivity index (χ0n) is 23.7. The van der Waals surface area contributed by atoms with Crippen molar-refractivity contribution in [2.75, 3.05) is 28.4 Å². The number of carbonyl (C=O) groups is 1. The van der Waals surface area contributed by atoms with Crippen LogP contribution in [-0.2, 0) is 18.6 Å². The Morgan fingerprint density at radius 2 is 1.43 bits per heavy atom. The second kappa shape index (κ2) is 13.7. The molecule has 40 heavy (non-hydrogen) atoms. The summed E-state index contributed by atoms with van der Waals surface area (Å²) in [4.78, 5) is 15.5. The monoisotopic (exact) mass is 554 g/mol. The van der Waals surface area contributed by atoms with E-state index in [1.165, 1.54) is 56.4 Å². The molecule has 0 radical (unpaired) electrons. The molecule has 214 valence electrons. The van der Waals surface area contributed by atoms with Crippen molar-refractivity contribution in [3.63, 3.8) is 0 Å². The fourth-order valence-corrected chi connectivity index (χ4v) is 4.41. The third-order valence-electron chi connectivity index (χ3n) is 6.71. The van der Waals surface area contributed by atoms with Gasteiger partial charge in [-0.15, -0.1) is 0 Å². The number of allylic oxidation sites excluding steroid dienone is 1. The van der Waals surface area contributed by atoms with Crippen molar-refractivity contribution in [2.24, 2.45) is 0 Å². The zero-order chi connectivity index (χ0) is 29.3. The van der Waals surface area contributed by atoms with Crippen LogP contribution in [0.15, 0.2) is 72.8 Å². The van der Waals surface area contributed by atoms with E-state index in [0.29, 0.717) is 34.1 Å². The van der Waals surface area contributed by atoms with E-state index >= 15 is 4.39 Å². The molecule has 0 spiro atoms. The molecule has 0 fully saturated rings. The lowest BCUT2D eigenvalue weighted by molar-refractivity contribution is 0.153. The Kier molecular flexibility index (Phi) is 10.4. The topological polar surface area (TPSA) is 69.3 Å². The third-order valence-corrected chi connectivity index (χ3v) is 6.71. The number of halogens is 2. The minimum atomic E-state index is -1.72. The first kappa shape index (κ1) is 30.3. The summed E-state index contributed by atoms with van der Waals surface area (Å²) in [6.07, 6.45) is 1.10. The Balaban J connectivity index is 2.07. The summed E-state index contributed by atoms with van der Waals surface area (Å²) in [5.74, 6) is 1.57. The summed E-state index contributed by atoms with van der Waals surface area (Å²) >= 11 is 0. The summed E-state index contributed by atoms with van der Waals surface area (Å²) in [5, 5.41) is 2.79. The van der Waals surface area contributed by atoms with E-state index in [-0.39, 0.29) is 18.7 Å². The maximum atomic E-state index is 15.6. The van der Waals surface area contributed by atoms with Gasteiger partial charge >= 0.3 is 6.03 Å². The molecule has 3 aromatic carbocycles. The highest BCUT2D eigenvalue weighted by Crippen LogP contribution is 2.33. The van der Waals surface area contributed by atoms with Gasteiger partial charge < -0.3 is 29.2 Å². The largest absolute Gasteiger partial charge is 0.497 e. The number of methoxy groups -OCH3 is 4. The maximum absolute atomic E-state index is 15.6. The average molecular weight is 555 g/mol. The van der Waals surface area contributed by atoms with Crippen molar-refractivity contribution in [1.82, 2.24) is 10.2 Å². The molecule has 0 aliphatic carbocycles. The Bertz CT molecular complexity index is 1280. The first-order valence-corrected chi connectivity index (χ1v) is 12.7. The summed E-state index contributed by atoms with van der Waals surface area (Å²) in [6.45, 7) is 3.30. The number of benzene rings is 3. The smallest absolute Gasteiger partial charge is 0.318 e. The van der Waals surface area contributed by atoms with E-state index in [2.05, 4.69) is 5.32 Å². The molecule has 0 aliphatic heterocycles. The van der Waals surface area contributed by atoms with Crippen LogP contribution in [0.4, 0.5) is 13.6 Å². The van der Waals surface area contributed by atoms with E-state index in [1.807, 2.05) is 0 Å². The molecule has 0 unspecified atom stereocenters. The number of hydrogen-bond donors (Lipinski definition) is 1. The number of hydrogen-bond acceptors (Lipinski definition) is 5. The van der Waals surface area contributed by atoms with Gasteiger partial charge in [0.15, 0.2) is 0 Å². The van der Waals surface area contributed by atoms with E-state index in [9.17, 15) is 9.18 Å². The van der Waals surface area contributed by atoms with Crippen molar-refractivity contribution in [1.29, 1.82) is 0 Å². The van der Waals surface area contributed by atoms with E-state index in [1.54, 1.807) is 63.6 Å². The zero-order valence-corrected chi connectivity index (χ0v) is 23.7. The number of rotatable bonds is 12. The summed E-state index contributed by atoms with van der Waals surface area (Å²) in [6, 6.07) is 15.7. The summed E-state index contributed by atoms with van der Waals surface area (Å²) in [5.41, 5.74) is -0.313. The standard InChI is InChI=1S/C31H36F2N2O5/c1-7-10-29(33)31(2,25-11-8-9-12-26(25)32)34-30(36)35(19-21-13-15-23(37-3)17-27(21)39-5)20-22-14-16-24(38-4)18-28(22)40-6/h7-18,29H,19-20H2,1-6H3,(H,34,36)/b10-7+/t29-,31+/m0/s1. The lowest BCUT2D eigenvalue weighted by Gasteiger charge is -2.36.